The topological polar surface area (TPSA) is 78.8 Å². The summed E-state index contributed by atoms with van der Waals surface area (Å²) in [6.45, 7) is 3.62. The Balaban J connectivity index is 2.12. The van der Waals surface area contributed by atoms with Crippen LogP contribution in [0.4, 0.5) is 0 Å². The van der Waals surface area contributed by atoms with Gasteiger partial charge >= 0.3 is 5.97 Å². The minimum atomic E-state index is -0.699. The largest absolute Gasteiger partial charge is 0.481 e. The Morgan fingerprint density at radius 2 is 2.26 bits per heavy atom. The molecular weight excluding hydrogens is 246 g/mol. The molecule has 0 heterocycles. The minimum Gasteiger partial charge on any atom is -0.481 e. The molecule has 19 heavy (non-hydrogen) atoms. The monoisotopic (exact) mass is 273 g/mol. The second-order valence-electron chi connectivity index (χ2n) is 5.39. The van der Waals surface area contributed by atoms with Crippen LogP contribution in [0, 0.1) is 5.92 Å². The van der Waals surface area contributed by atoms with Gasteiger partial charge in [-0.15, -0.1) is 0 Å². The number of aliphatic carboxylic acids is 1. The summed E-state index contributed by atoms with van der Waals surface area (Å²) in [4.78, 5) is 10.9. The lowest BCUT2D eigenvalue weighted by molar-refractivity contribution is -0.143. The van der Waals surface area contributed by atoms with Crippen molar-refractivity contribution in [3.05, 3.63) is 0 Å². The number of carboxylic acids is 1. The number of ether oxygens (including phenoxy) is 1. The highest BCUT2D eigenvalue weighted by molar-refractivity contribution is 5.70. The van der Waals surface area contributed by atoms with Gasteiger partial charge in [-0.1, -0.05) is 19.8 Å². The van der Waals surface area contributed by atoms with Gasteiger partial charge in [-0.2, -0.15) is 0 Å². The average Bonchev–Trinajstić information content (AvgIpc) is 2.41. The lowest BCUT2D eigenvalue weighted by Gasteiger charge is -2.28. The Kier molecular flexibility index (Phi) is 8.02. The van der Waals surface area contributed by atoms with Gasteiger partial charge in [0.25, 0.3) is 0 Å². The first kappa shape index (κ1) is 16.4. The molecule has 5 heteroatoms. The van der Waals surface area contributed by atoms with Crippen LogP contribution in [0.25, 0.3) is 0 Å². The summed E-state index contributed by atoms with van der Waals surface area (Å²) in [5, 5.41) is 22.0. The molecule has 0 aliphatic heterocycles. The van der Waals surface area contributed by atoms with Gasteiger partial charge < -0.3 is 20.3 Å². The number of hydrogen-bond acceptors (Lipinski definition) is 4. The molecule has 112 valence electrons. The Labute approximate surface area is 115 Å². The number of carbonyl (C=O) groups is 1. The SMILES string of the molecule is CCCCOCC(O)CNC1CCCC(C(=O)O)C1. The zero-order valence-corrected chi connectivity index (χ0v) is 11.8. The Morgan fingerprint density at radius 3 is 2.95 bits per heavy atom. The van der Waals surface area contributed by atoms with Crippen LogP contribution in [-0.4, -0.2) is 48.1 Å². The van der Waals surface area contributed by atoms with Crippen molar-refractivity contribution in [3.63, 3.8) is 0 Å². The van der Waals surface area contributed by atoms with Gasteiger partial charge in [0.1, 0.15) is 0 Å². The molecule has 0 spiro atoms. The van der Waals surface area contributed by atoms with Crippen molar-refractivity contribution in [2.45, 2.75) is 57.6 Å². The van der Waals surface area contributed by atoms with E-state index in [-0.39, 0.29) is 12.0 Å². The first-order valence-electron chi connectivity index (χ1n) is 7.35. The van der Waals surface area contributed by atoms with E-state index in [4.69, 9.17) is 9.84 Å². The van der Waals surface area contributed by atoms with Gasteiger partial charge in [0, 0.05) is 19.2 Å². The van der Waals surface area contributed by atoms with E-state index >= 15 is 0 Å². The van der Waals surface area contributed by atoms with Crippen LogP contribution in [0.15, 0.2) is 0 Å². The maximum absolute atomic E-state index is 10.9. The van der Waals surface area contributed by atoms with Crippen LogP contribution < -0.4 is 5.32 Å². The maximum Gasteiger partial charge on any atom is 0.306 e. The quantitative estimate of drug-likeness (QED) is 0.553. The molecule has 1 rings (SSSR count). The summed E-state index contributed by atoms with van der Waals surface area (Å²) in [6, 6.07) is 0.208. The number of unbranched alkanes of at least 4 members (excludes halogenated alkanes) is 1. The molecule has 0 radical (unpaired) electrons. The van der Waals surface area contributed by atoms with Crippen LogP contribution in [-0.2, 0) is 9.53 Å². The normalized spacial score (nSPS) is 25.2. The van der Waals surface area contributed by atoms with Crippen molar-refractivity contribution in [1.82, 2.24) is 5.32 Å². The predicted molar refractivity (Wildman–Crippen MR) is 73.1 cm³/mol. The average molecular weight is 273 g/mol. The van der Waals surface area contributed by atoms with Crippen molar-refractivity contribution < 1.29 is 19.7 Å². The highest BCUT2D eigenvalue weighted by Crippen LogP contribution is 2.24. The van der Waals surface area contributed by atoms with Crippen LogP contribution in [0.3, 0.4) is 0 Å². The predicted octanol–water partition coefficient (Wildman–Crippen LogP) is 1.40. The fourth-order valence-corrected chi connectivity index (χ4v) is 2.43. The Hall–Kier alpha value is -0.650. The van der Waals surface area contributed by atoms with E-state index < -0.39 is 12.1 Å². The van der Waals surface area contributed by atoms with Crippen molar-refractivity contribution in [2.75, 3.05) is 19.8 Å². The van der Waals surface area contributed by atoms with E-state index in [0.717, 1.165) is 32.1 Å². The summed E-state index contributed by atoms with van der Waals surface area (Å²) in [5.41, 5.74) is 0. The third kappa shape index (κ3) is 6.89. The second kappa shape index (κ2) is 9.28. The molecule has 3 atom stereocenters. The van der Waals surface area contributed by atoms with E-state index in [1.165, 1.54) is 0 Å². The summed E-state index contributed by atoms with van der Waals surface area (Å²) in [5.74, 6) is -0.931. The van der Waals surface area contributed by atoms with Crippen LogP contribution >= 0.6 is 0 Å². The molecule has 1 saturated carbocycles. The standard InChI is InChI=1S/C14H27NO4/c1-2-3-7-19-10-13(16)9-15-12-6-4-5-11(8-12)14(17)18/h11-13,15-16H,2-10H2,1H3,(H,17,18). The highest BCUT2D eigenvalue weighted by atomic mass is 16.5. The number of rotatable bonds is 9. The summed E-state index contributed by atoms with van der Waals surface area (Å²) < 4.78 is 5.35. The van der Waals surface area contributed by atoms with Gasteiger partial charge in [-0.05, 0) is 25.7 Å². The summed E-state index contributed by atoms with van der Waals surface area (Å²) in [6.07, 6.45) is 4.97. The van der Waals surface area contributed by atoms with Gasteiger partial charge in [0.05, 0.1) is 18.6 Å². The zero-order chi connectivity index (χ0) is 14.1. The molecule has 3 N–H and O–H groups in total. The molecule has 0 amide bonds. The van der Waals surface area contributed by atoms with Crippen LogP contribution in [0.5, 0.6) is 0 Å². The third-order valence-corrected chi connectivity index (χ3v) is 3.62. The minimum absolute atomic E-state index is 0.208. The molecule has 0 aromatic carbocycles. The van der Waals surface area contributed by atoms with Crippen LogP contribution in [0.2, 0.25) is 0 Å². The number of carboxylic acid groups (broad SMARTS) is 1. The first-order valence-corrected chi connectivity index (χ1v) is 7.35. The smallest absolute Gasteiger partial charge is 0.306 e. The fourth-order valence-electron chi connectivity index (χ4n) is 2.43. The number of hydrogen-bond donors (Lipinski definition) is 3. The molecule has 3 unspecified atom stereocenters. The number of aliphatic hydroxyl groups excluding tert-OH is 1. The molecule has 1 fully saturated rings. The van der Waals surface area contributed by atoms with Gasteiger partial charge in [-0.3, -0.25) is 4.79 Å². The fraction of sp³-hybridized carbons (Fsp3) is 0.929. The maximum atomic E-state index is 10.9. The van der Waals surface area contributed by atoms with Crippen molar-refractivity contribution >= 4 is 5.97 Å². The third-order valence-electron chi connectivity index (χ3n) is 3.62. The van der Waals surface area contributed by atoms with Crippen molar-refractivity contribution in [1.29, 1.82) is 0 Å². The number of nitrogens with one attached hydrogen (secondary N) is 1. The molecule has 1 aliphatic carbocycles. The molecule has 0 aromatic rings. The summed E-state index contributed by atoms with van der Waals surface area (Å²) in [7, 11) is 0. The van der Waals surface area contributed by atoms with E-state index in [1.54, 1.807) is 0 Å². The molecule has 5 nitrogen and oxygen atoms in total. The highest BCUT2D eigenvalue weighted by Gasteiger charge is 2.26. The van der Waals surface area contributed by atoms with Gasteiger partial charge in [-0.25, -0.2) is 0 Å². The molecule has 0 saturated heterocycles. The lowest BCUT2D eigenvalue weighted by Crippen LogP contribution is -2.41. The van der Waals surface area contributed by atoms with E-state index in [2.05, 4.69) is 12.2 Å². The van der Waals surface area contributed by atoms with Crippen LogP contribution in [0.1, 0.15) is 45.4 Å². The zero-order valence-electron chi connectivity index (χ0n) is 11.8. The van der Waals surface area contributed by atoms with E-state index in [9.17, 15) is 9.90 Å². The molecular formula is C14H27NO4. The van der Waals surface area contributed by atoms with Gasteiger partial charge in [0.2, 0.25) is 0 Å². The molecule has 1 aliphatic rings. The van der Waals surface area contributed by atoms with E-state index in [0.29, 0.717) is 26.2 Å². The van der Waals surface area contributed by atoms with Crippen molar-refractivity contribution in [2.24, 2.45) is 5.92 Å². The Morgan fingerprint density at radius 1 is 1.47 bits per heavy atom. The van der Waals surface area contributed by atoms with E-state index in [1.807, 2.05) is 0 Å². The molecule has 0 bridgehead atoms. The summed E-state index contributed by atoms with van der Waals surface area (Å²) >= 11 is 0. The lowest BCUT2D eigenvalue weighted by atomic mass is 9.86. The first-order chi connectivity index (χ1) is 9.13. The van der Waals surface area contributed by atoms with Gasteiger partial charge in [0.15, 0.2) is 0 Å². The Bertz CT molecular complexity index is 260. The second-order valence-corrected chi connectivity index (χ2v) is 5.39. The van der Waals surface area contributed by atoms with Crippen molar-refractivity contribution in [3.8, 4) is 0 Å². The number of aliphatic hydroxyl groups is 1. The molecule has 0 aromatic heterocycles.